The maximum absolute atomic E-state index is 12.7. The third kappa shape index (κ3) is 4.25. The summed E-state index contributed by atoms with van der Waals surface area (Å²) in [7, 11) is 0. The SMILES string of the molecule is Cc1cc(O)c2c(C)c(CC(=O)N[C@H](Cc3c[nH]c4ccc(O)cc34)C(=O)[O-])c(=O)oc2c1. The molecule has 0 aliphatic rings. The number of aromatic amines is 1. The molecule has 0 spiro atoms. The van der Waals surface area contributed by atoms with Gasteiger partial charge in [0.15, 0.2) is 0 Å². The number of hydrogen-bond acceptors (Lipinski definition) is 7. The molecule has 2 aromatic heterocycles. The molecule has 33 heavy (non-hydrogen) atoms. The highest BCUT2D eigenvalue weighted by Crippen LogP contribution is 2.30. The Morgan fingerprint density at radius 2 is 1.94 bits per heavy atom. The van der Waals surface area contributed by atoms with Crippen molar-refractivity contribution >= 4 is 33.7 Å². The summed E-state index contributed by atoms with van der Waals surface area (Å²) in [5, 5.41) is 35.0. The van der Waals surface area contributed by atoms with Crippen LogP contribution < -0.4 is 16.0 Å². The Morgan fingerprint density at radius 3 is 2.67 bits per heavy atom. The third-order valence-corrected chi connectivity index (χ3v) is 5.63. The van der Waals surface area contributed by atoms with Gasteiger partial charge in [0.1, 0.15) is 17.1 Å². The van der Waals surface area contributed by atoms with Crippen molar-refractivity contribution in [3.05, 3.63) is 69.2 Å². The van der Waals surface area contributed by atoms with Crippen molar-refractivity contribution in [1.82, 2.24) is 10.3 Å². The maximum atomic E-state index is 12.7. The van der Waals surface area contributed by atoms with Gasteiger partial charge in [0.2, 0.25) is 5.91 Å². The van der Waals surface area contributed by atoms with Crippen molar-refractivity contribution < 1.29 is 29.3 Å². The highest BCUT2D eigenvalue weighted by atomic mass is 16.4. The third-order valence-electron chi connectivity index (χ3n) is 5.63. The summed E-state index contributed by atoms with van der Waals surface area (Å²) in [6, 6.07) is 6.40. The van der Waals surface area contributed by atoms with Gasteiger partial charge in [0, 0.05) is 23.5 Å². The number of H-pyrrole nitrogens is 1. The van der Waals surface area contributed by atoms with E-state index in [2.05, 4.69) is 10.3 Å². The zero-order valence-electron chi connectivity index (χ0n) is 17.9. The van der Waals surface area contributed by atoms with Crippen LogP contribution in [0.3, 0.4) is 0 Å². The monoisotopic (exact) mass is 449 g/mol. The molecule has 0 unspecified atom stereocenters. The van der Waals surface area contributed by atoms with Crippen LogP contribution in [0.25, 0.3) is 21.9 Å². The molecule has 1 amide bonds. The summed E-state index contributed by atoms with van der Waals surface area (Å²) < 4.78 is 5.28. The van der Waals surface area contributed by atoms with E-state index in [4.69, 9.17) is 4.42 Å². The number of phenolic OH excluding ortho intramolecular Hbond substituents is 2. The smallest absolute Gasteiger partial charge is 0.340 e. The normalized spacial score (nSPS) is 12.2. The topological polar surface area (TPSA) is 156 Å². The van der Waals surface area contributed by atoms with Crippen LogP contribution in [0.4, 0.5) is 0 Å². The molecule has 9 heteroatoms. The number of benzene rings is 2. The lowest BCUT2D eigenvalue weighted by molar-refractivity contribution is -0.308. The molecule has 0 bridgehead atoms. The van der Waals surface area contributed by atoms with E-state index in [1.165, 1.54) is 18.2 Å². The van der Waals surface area contributed by atoms with E-state index in [1.807, 2.05) is 0 Å². The highest BCUT2D eigenvalue weighted by molar-refractivity contribution is 5.90. The minimum atomic E-state index is -1.49. The van der Waals surface area contributed by atoms with Crippen molar-refractivity contribution in [2.24, 2.45) is 0 Å². The summed E-state index contributed by atoms with van der Waals surface area (Å²) in [5.74, 6) is -2.26. The summed E-state index contributed by atoms with van der Waals surface area (Å²) in [6.45, 7) is 3.33. The average molecular weight is 449 g/mol. The molecule has 1 atom stereocenters. The van der Waals surface area contributed by atoms with Crippen molar-refractivity contribution in [2.75, 3.05) is 0 Å². The number of carboxylic acid groups (broad SMARTS) is 1. The maximum Gasteiger partial charge on any atom is 0.340 e. The number of aromatic hydroxyl groups is 2. The van der Waals surface area contributed by atoms with E-state index in [1.54, 1.807) is 32.2 Å². The van der Waals surface area contributed by atoms with Gasteiger partial charge in [0.25, 0.3) is 0 Å². The number of aryl methyl sites for hydroxylation is 2. The Labute approximate surface area is 187 Å². The Morgan fingerprint density at radius 1 is 1.18 bits per heavy atom. The zero-order chi connectivity index (χ0) is 23.9. The lowest BCUT2D eigenvalue weighted by Gasteiger charge is -2.20. The number of amides is 1. The fraction of sp³-hybridized carbons (Fsp3) is 0.208. The molecule has 2 heterocycles. The fourth-order valence-electron chi connectivity index (χ4n) is 4.02. The number of fused-ring (bicyclic) bond motifs is 2. The lowest BCUT2D eigenvalue weighted by atomic mass is 10.0. The molecule has 9 nitrogen and oxygen atoms in total. The van der Waals surface area contributed by atoms with Crippen LogP contribution in [-0.4, -0.2) is 33.1 Å². The average Bonchev–Trinajstić information content (AvgIpc) is 3.11. The molecule has 0 aliphatic heterocycles. The van der Waals surface area contributed by atoms with Gasteiger partial charge in [-0.05, 0) is 60.9 Å². The molecule has 0 radical (unpaired) electrons. The van der Waals surface area contributed by atoms with E-state index < -0.39 is 30.0 Å². The predicted molar refractivity (Wildman–Crippen MR) is 118 cm³/mol. The van der Waals surface area contributed by atoms with Crippen molar-refractivity contribution in [1.29, 1.82) is 0 Å². The minimum Gasteiger partial charge on any atom is -0.548 e. The molecular weight excluding hydrogens is 428 g/mol. The van der Waals surface area contributed by atoms with Gasteiger partial charge in [-0.3, -0.25) is 4.79 Å². The quantitative estimate of drug-likeness (QED) is 0.324. The lowest BCUT2D eigenvalue weighted by Crippen LogP contribution is -2.49. The highest BCUT2D eigenvalue weighted by Gasteiger charge is 2.21. The molecule has 4 N–H and O–H groups in total. The number of nitrogens with one attached hydrogen (secondary N) is 2. The number of phenols is 2. The van der Waals surface area contributed by atoms with Crippen LogP contribution >= 0.6 is 0 Å². The summed E-state index contributed by atoms with van der Waals surface area (Å²) in [4.78, 5) is 39.8. The molecule has 0 fully saturated rings. The number of rotatable bonds is 6. The van der Waals surface area contributed by atoms with Crippen LogP contribution in [0.15, 0.2) is 45.7 Å². The standard InChI is InChI=1S/C24H22N2O7/c1-11-5-19(28)22-12(2)15(24(32)33-20(22)6-11)9-21(29)26-18(23(30)31)7-13-10-25-17-4-3-14(27)8-16(13)17/h3-6,8,10,18,25,27-28H,7,9H2,1-2H3,(H,26,29)(H,30,31)/p-1/t18-/m1/s1. The Kier molecular flexibility index (Phi) is 5.55. The van der Waals surface area contributed by atoms with Crippen LogP contribution in [-0.2, 0) is 22.4 Å². The molecule has 0 saturated heterocycles. The molecule has 170 valence electrons. The van der Waals surface area contributed by atoms with Gasteiger partial charge in [-0.15, -0.1) is 0 Å². The Hall–Kier alpha value is -4.27. The molecule has 4 rings (SSSR count). The van der Waals surface area contributed by atoms with Gasteiger partial charge >= 0.3 is 5.63 Å². The Bertz CT molecular complexity index is 1470. The molecule has 0 aliphatic carbocycles. The summed E-state index contributed by atoms with van der Waals surface area (Å²) >= 11 is 0. The number of aromatic nitrogens is 1. The number of carbonyl (C=O) groups is 2. The van der Waals surface area contributed by atoms with E-state index in [0.29, 0.717) is 33.0 Å². The van der Waals surface area contributed by atoms with Gasteiger partial charge in [-0.1, -0.05) is 0 Å². The first-order valence-corrected chi connectivity index (χ1v) is 10.2. The molecular formula is C24H21N2O7-. The number of aliphatic carboxylic acids is 1. The van der Waals surface area contributed by atoms with Crippen molar-refractivity contribution in [2.45, 2.75) is 32.7 Å². The second-order valence-corrected chi connectivity index (χ2v) is 8.01. The zero-order valence-corrected chi connectivity index (χ0v) is 17.9. The first kappa shape index (κ1) is 21.9. The van der Waals surface area contributed by atoms with E-state index in [9.17, 15) is 29.7 Å². The van der Waals surface area contributed by atoms with E-state index in [-0.39, 0.29) is 29.1 Å². The molecule has 2 aromatic carbocycles. The second kappa shape index (κ2) is 8.34. The molecule has 4 aromatic rings. The minimum absolute atomic E-state index is 0.0215. The second-order valence-electron chi connectivity index (χ2n) is 8.01. The van der Waals surface area contributed by atoms with Gasteiger partial charge in [-0.25, -0.2) is 4.79 Å². The first-order valence-electron chi connectivity index (χ1n) is 10.2. The Balaban J connectivity index is 1.59. The summed E-state index contributed by atoms with van der Waals surface area (Å²) in [5.41, 5.74) is 1.84. The largest absolute Gasteiger partial charge is 0.548 e. The van der Waals surface area contributed by atoms with Crippen LogP contribution in [0.1, 0.15) is 22.3 Å². The number of carboxylic acids is 1. The van der Waals surface area contributed by atoms with Crippen LogP contribution in [0.2, 0.25) is 0 Å². The van der Waals surface area contributed by atoms with Crippen molar-refractivity contribution in [3.63, 3.8) is 0 Å². The fourth-order valence-corrected chi connectivity index (χ4v) is 4.02. The van der Waals surface area contributed by atoms with Gasteiger partial charge in [0.05, 0.1) is 29.4 Å². The number of carbonyl (C=O) groups excluding carboxylic acids is 2. The first-order chi connectivity index (χ1) is 15.6. The summed E-state index contributed by atoms with van der Waals surface area (Å²) in [6.07, 6.45) is 1.07. The van der Waals surface area contributed by atoms with Crippen molar-refractivity contribution in [3.8, 4) is 11.5 Å². The van der Waals surface area contributed by atoms with Crippen LogP contribution in [0, 0.1) is 13.8 Å². The van der Waals surface area contributed by atoms with E-state index in [0.717, 1.165) is 0 Å². The van der Waals surface area contributed by atoms with Gasteiger partial charge < -0.3 is 34.8 Å². The van der Waals surface area contributed by atoms with Gasteiger partial charge in [-0.2, -0.15) is 0 Å². The van der Waals surface area contributed by atoms with Crippen LogP contribution in [0.5, 0.6) is 11.5 Å². The molecule has 0 saturated carbocycles. The predicted octanol–water partition coefficient (Wildman–Crippen LogP) is 1.32. The van der Waals surface area contributed by atoms with E-state index >= 15 is 0 Å². The number of hydrogen-bond donors (Lipinski definition) is 4.